The van der Waals surface area contributed by atoms with Crippen LogP contribution < -0.4 is 5.32 Å². The van der Waals surface area contributed by atoms with Gasteiger partial charge in [0, 0.05) is 25.6 Å². The zero-order valence-electron chi connectivity index (χ0n) is 19.0. The lowest BCUT2D eigenvalue weighted by Gasteiger charge is -2.29. The average molecular weight is 451 g/mol. The molecule has 0 atom stereocenters. The molecular weight excluding hydrogens is 423 g/mol. The number of carbonyl (C=O) groups excluding carboxylic acids is 2. The number of carbonyl (C=O) groups is 2. The van der Waals surface area contributed by atoms with Crippen molar-refractivity contribution in [3.63, 3.8) is 0 Å². The van der Waals surface area contributed by atoms with Gasteiger partial charge in [-0.3, -0.25) is 9.59 Å². The standard InChI is InChI=1S/C24H27FN6O2/c1-4-6-22(32)30-10-9-16-12-19(25)18(11-17(16)13-30)24(33)28-21-8-5-7-20(27-21)23-29-26-14-31(23)15(2)3/h5,7-8,11-12,14-15H,4,6,9-10,13H2,1-3H3,(H,27,28,33). The molecule has 172 valence electrons. The number of nitrogens with zero attached hydrogens (tertiary/aromatic N) is 5. The maximum Gasteiger partial charge on any atom is 0.259 e. The number of nitrogens with one attached hydrogen (secondary N) is 1. The molecule has 33 heavy (non-hydrogen) atoms. The number of fused-ring (bicyclic) bond motifs is 1. The van der Waals surface area contributed by atoms with Gasteiger partial charge in [-0.2, -0.15) is 0 Å². The summed E-state index contributed by atoms with van der Waals surface area (Å²) in [7, 11) is 0. The molecule has 1 aliphatic rings. The SMILES string of the molecule is CCCC(=O)N1CCc2cc(F)c(C(=O)Nc3cccc(-c4nncn4C(C)C)n3)cc2C1. The van der Waals surface area contributed by atoms with Crippen LogP contribution in [0.25, 0.3) is 11.5 Å². The van der Waals surface area contributed by atoms with Crippen LogP contribution in [-0.2, 0) is 17.8 Å². The van der Waals surface area contributed by atoms with Crippen molar-refractivity contribution in [3.8, 4) is 11.5 Å². The van der Waals surface area contributed by atoms with Gasteiger partial charge in [-0.05, 0) is 62.1 Å². The fourth-order valence-electron chi connectivity index (χ4n) is 3.95. The maximum atomic E-state index is 14.8. The topological polar surface area (TPSA) is 93.0 Å². The van der Waals surface area contributed by atoms with E-state index in [4.69, 9.17) is 0 Å². The van der Waals surface area contributed by atoms with Crippen LogP contribution in [0.1, 0.15) is 61.1 Å². The van der Waals surface area contributed by atoms with Crippen LogP contribution in [0.2, 0.25) is 0 Å². The summed E-state index contributed by atoms with van der Waals surface area (Å²) in [5.74, 6) is -0.239. The van der Waals surface area contributed by atoms with E-state index >= 15 is 0 Å². The van der Waals surface area contributed by atoms with Gasteiger partial charge in [-0.25, -0.2) is 9.37 Å². The molecule has 8 nitrogen and oxygen atoms in total. The van der Waals surface area contributed by atoms with Gasteiger partial charge in [-0.1, -0.05) is 13.0 Å². The minimum absolute atomic E-state index is 0.0731. The van der Waals surface area contributed by atoms with E-state index in [-0.39, 0.29) is 23.3 Å². The Morgan fingerprint density at radius 3 is 2.79 bits per heavy atom. The van der Waals surface area contributed by atoms with E-state index < -0.39 is 11.7 Å². The van der Waals surface area contributed by atoms with Gasteiger partial charge < -0.3 is 14.8 Å². The third-order valence-electron chi connectivity index (χ3n) is 5.71. The van der Waals surface area contributed by atoms with Crippen LogP contribution in [-0.4, -0.2) is 43.0 Å². The lowest BCUT2D eigenvalue weighted by atomic mass is 9.96. The second-order valence-corrected chi connectivity index (χ2v) is 8.43. The minimum atomic E-state index is -0.595. The highest BCUT2D eigenvalue weighted by Gasteiger charge is 2.24. The molecule has 0 unspecified atom stereocenters. The predicted molar refractivity (Wildman–Crippen MR) is 122 cm³/mol. The lowest BCUT2D eigenvalue weighted by Crippen LogP contribution is -2.36. The van der Waals surface area contributed by atoms with Crippen molar-refractivity contribution in [2.24, 2.45) is 0 Å². The first-order chi connectivity index (χ1) is 15.9. The number of halogens is 1. The highest BCUT2D eigenvalue weighted by Crippen LogP contribution is 2.25. The Balaban J connectivity index is 1.55. The van der Waals surface area contributed by atoms with Gasteiger partial charge in [0.2, 0.25) is 5.91 Å². The fourth-order valence-corrected chi connectivity index (χ4v) is 3.95. The first kappa shape index (κ1) is 22.6. The fraction of sp³-hybridized carbons (Fsp3) is 0.375. The molecule has 2 amide bonds. The summed E-state index contributed by atoms with van der Waals surface area (Å²) in [4.78, 5) is 31.4. The number of anilines is 1. The number of pyridine rings is 1. The summed E-state index contributed by atoms with van der Waals surface area (Å²) in [6.45, 7) is 6.92. The summed E-state index contributed by atoms with van der Waals surface area (Å²) in [6.07, 6.45) is 3.46. The van der Waals surface area contributed by atoms with Crippen molar-refractivity contribution in [2.75, 3.05) is 11.9 Å². The number of hydrogen-bond donors (Lipinski definition) is 1. The van der Waals surface area contributed by atoms with Crippen molar-refractivity contribution in [3.05, 3.63) is 59.2 Å². The Kier molecular flexibility index (Phi) is 6.48. The van der Waals surface area contributed by atoms with Crippen molar-refractivity contribution in [1.82, 2.24) is 24.6 Å². The third-order valence-corrected chi connectivity index (χ3v) is 5.71. The smallest absolute Gasteiger partial charge is 0.259 e. The molecule has 2 aromatic heterocycles. The van der Waals surface area contributed by atoms with Gasteiger partial charge in [0.05, 0.1) is 5.56 Å². The zero-order valence-corrected chi connectivity index (χ0v) is 19.0. The Morgan fingerprint density at radius 2 is 2.03 bits per heavy atom. The van der Waals surface area contributed by atoms with Gasteiger partial charge in [0.15, 0.2) is 5.82 Å². The largest absolute Gasteiger partial charge is 0.338 e. The molecule has 0 bridgehead atoms. The molecule has 0 fully saturated rings. The zero-order chi connectivity index (χ0) is 23.5. The van der Waals surface area contributed by atoms with E-state index in [1.54, 1.807) is 35.5 Å². The van der Waals surface area contributed by atoms with Gasteiger partial charge in [0.1, 0.15) is 23.7 Å². The van der Waals surface area contributed by atoms with E-state index in [1.165, 1.54) is 6.07 Å². The van der Waals surface area contributed by atoms with Crippen molar-refractivity contribution < 1.29 is 14.0 Å². The summed E-state index contributed by atoms with van der Waals surface area (Å²) in [5.41, 5.74) is 2.10. The predicted octanol–water partition coefficient (Wildman–Crippen LogP) is 4.00. The Labute approximate surface area is 191 Å². The van der Waals surface area contributed by atoms with Crippen molar-refractivity contribution in [1.29, 1.82) is 0 Å². The van der Waals surface area contributed by atoms with E-state index in [0.717, 1.165) is 17.5 Å². The Morgan fingerprint density at radius 1 is 1.21 bits per heavy atom. The molecule has 0 saturated heterocycles. The molecule has 1 aliphatic heterocycles. The number of aromatic nitrogens is 4. The number of hydrogen-bond acceptors (Lipinski definition) is 5. The molecule has 3 aromatic rings. The second kappa shape index (κ2) is 9.48. The summed E-state index contributed by atoms with van der Waals surface area (Å²) in [5, 5.41) is 10.8. The average Bonchev–Trinajstić information content (AvgIpc) is 3.29. The first-order valence-electron chi connectivity index (χ1n) is 11.1. The number of benzene rings is 1. The summed E-state index contributed by atoms with van der Waals surface area (Å²) >= 11 is 0. The molecule has 4 rings (SSSR count). The molecule has 0 saturated carbocycles. The molecule has 3 heterocycles. The van der Waals surface area contributed by atoms with Crippen LogP contribution in [0, 0.1) is 5.82 Å². The van der Waals surface area contributed by atoms with Gasteiger partial charge in [0.25, 0.3) is 5.91 Å². The summed E-state index contributed by atoms with van der Waals surface area (Å²) in [6, 6.07) is 8.26. The number of rotatable bonds is 6. The third kappa shape index (κ3) is 4.76. The molecule has 0 spiro atoms. The van der Waals surface area contributed by atoms with Crippen LogP contribution >= 0.6 is 0 Å². The maximum absolute atomic E-state index is 14.8. The highest BCUT2D eigenvalue weighted by atomic mass is 19.1. The quantitative estimate of drug-likeness (QED) is 0.613. The van der Waals surface area contributed by atoms with E-state index in [2.05, 4.69) is 20.5 Å². The van der Waals surface area contributed by atoms with Crippen LogP contribution in [0.15, 0.2) is 36.7 Å². The highest BCUT2D eigenvalue weighted by molar-refractivity contribution is 6.04. The molecule has 1 aromatic carbocycles. The van der Waals surface area contributed by atoms with Crippen molar-refractivity contribution in [2.45, 2.75) is 52.6 Å². The Bertz CT molecular complexity index is 1190. The van der Waals surface area contributed by atoms with Crippen molar-refractivity contribution >= 4 is 17.6 Å². The van der Waals surface area contributed by atoms with E-state index in [1.807, 2.05) is 25.3 Å². The molecule has 9 heteroatoms. The monoisotopic (exact) mass is 450 g/mol. The molecule has 1 N–H and O–H groups in total. The normalized spacial score (nSPS) is 13.2. The van der Waals surface area contributed by atoms with Crippen LogP contribution in [0.5, 0.6) is 0 Å². The summed E-state index contributed by atoms with van der Waals surface area (Å²) < 4.78 is 16.6. The second-order valence-electron chi connectivity index (χ2n) is 8.43. The Hall–Kier alpha value is -3.62. The molecule has 0 aliphatic carbocycles. The van der Waals surface area contributed by atoms with E-state index in [0.29, 0.717) is 37.4 Å². The molecule has 0 radical (unpaired) electrons. The van der Waals surface area contributed by atoms with Crippen LogP contribution in [0.4, 0.5) is 10.2 Å². The van der Waals surface area contributed by atoms with Crippen LogP contribution in [0.3, 0.4) is 0 Å². The lowest BCUT2D eigenvalue weighted by molar-refractivity contribution is -0.132. The van der Waals surface area contributed by atoms with E-state index in [9.17, 15) is 14.0 Å². The minimum Gasteiger partial charge on any atom is -0.338 e. The number of amides is 2. The first-order valence-corrected chi connectivity index (χ1v) is 11.1. The molecular formula is C24H27FN6O2. The van der Waals surface area contributed by atoms with Gasteiger partial charge in [-0.15, -0.1) is 10.2 Å². The van der Waals surface area contributed by atoms with Gasteiger partial charge >= 0.3 is 0 Å².